The first-order chi connectivity index (χ1) is 14.7. The van der Waals surface area contributed by atoms with E-state index in [0.717, 1.165) is 24.9 Å². The minimum Gasteiger partial charge on any atom is -0.470 e. The number of benzene rings is 1. The number of hydrogen-bond donors (Lipinski definition) is 1. The van der Waals surface area contributed by atoms with Crippen LogP contribution in [-0.2, 0) is 0 Å². The lowest BCUT2D eigenvalue weighted by molar-refractivity contribution is 0.0932. The molecule has 1 aromatic carbocycles. The molecule has 0 saturated carbocycles. The van der Waals surface area contributed by atoms with Crippen LogP contribution in [0.3, 0.4) is 0 Å². The molecule has 3 aromatic rings. The summed E-state index contributed by atoms with van der Waals surface area (Å²) in [6.45, 7) is 3.56. The van der Waals surface area contributed by atoms with Crippen molar-refractivity contribution in [1.82, 2.24) is 20.3 Å². The fourth-order valence-corrected chi connectivity index (χ4v) is 3.56. The molecular weight excluding hydrogens is 378 g/mol. The molecule has 0 aliphatic carbocycles. The molecule has 7 nitrogen and oxygen atoms in total. The van der Waals surface area contributed by atoms with Gasteiger partial charge in [-0.25, -0.2) is 15.0 Å². The fraction of sp³-hybridized carbons (Fsp3) is 0.304. The third-order valence-corrected chi connectivity index (χ3v) is 5.16. The Hall–Kier alpha value is -3.48. The lowest BCUT2D eigenvalue weighted by Gasteiger charge is -2.33. The zero-order chi connectivity index (χ0) is 20.8. The highest BCUT2D eigenvalue weighted by Gasteiger charge is 2.23. The number of amides is 1. The number of aromatic nitrogens is 3. The summed E-state index contributed by atoms with van der Waals surface area (Å²) in [7, 11) is 0. The van der Waals surface area contributed by atoms with Crippen LogP contribution in [-0.4, -0.2) is 40.0 Å². The van der Waals surface area contributed by atoms with Gasteiger partial charge in [-0.15, -0.1) is 0 Å². The predicted octanol–water partition coefficient (Wildman–Crippen LogP) is 3.41. The minimum absolute atomic E-state index is 0.0454. The molecular formula is C23H25N5O2. The molecule has 1 saturated heterocycles. The lowest BCUT2D eigenvalue weighted by atomic mass is 10.1. The summed E-state index contributed by atoms with van der Waals surface area (Å²) in [5, 5.41) is 3.10. The van der Waals surface area contributed by atoms with Gasteiger partial charge in [0.05, 0.1) is 5.56 Å². The van der Waals surface area contributed by atoms with E-state index >= 15 is 0 Å². The van der Waals surface area contributed by atoms with Crippen molar-refractivity contribution in [2.45, 2.75) is 31.9 Å². The van der Waals surface area contributed by atoms with Crippen molar-refractivity contribution >= 4 is 11.9 Å². The van der Waals surface area contributed by atoms with E-state index in [0.29, 0.717) is 23.9 Å². The average Bonchev–Trinajstić information content (AvgIpc) is 2.81. The summed E-state index contributed by atoms with van der Waals surface area (Å²) in [5.74, 6) is 1.06. The second-order valence-electron chi connectivity index (χ2n) is 7.36. The average molecular weight is 403 g/mol. The van der Waals surface area contributed by atoms with Crippen molar-refractivity contribution in [2.75, 3.05) is 18.0 Å². The molecule has 7 heteroatoms. The van der Waals surface area contributed by atoms with Crippen molar-refractivity contribution in [3.63, 3.8) is 0 Å². The van der Waals surface area contributed by atoms with Gasteiger partial charge in [0.2, 0.25) is 11.8 Å². The highest BCUT2D eigenvalue weighted by Crippen LogP contribution is 2.20. The van der Waals surface area contributed by atoms with Gasteiger partial charge in [0, 0.05) is 43.8 Å². The number of rotatable bonds is 6. The van der Waals surface area contributed by atoms with Crippen molar-refractivity contribution in [2.24, 2.45) is 0 Å². The van der Waals surface area contributed by atoms with Crippen LogP contribution in [0.4, 0.5) is 5.95 Å². The zero-order valence-corrected chi connectivity index (χ0v) is 16.9. The standard InChI is InChI=1S/C23H25N5O2/c1-17(18-7-3-2-4-8-18)30-21-11-10-19(15-26-21)22(29)27-20-9-5-14-28(16-20)23-24-12-6-13-25-23/h2-4,6-8,10-13,15,17,20H,5,9,14,16H2,1H3,(H,27,29). The van der Waals surface area contributed by atoms with Crippen molar-refractivity contribution < 1.29 is 9.53 Å². The van der Waals surface area contributed by atoms with Gasteiger partial charge in [-0.05, 0) is 37.5 Å². The molecule has 0 bridgehead atoms. The third-order valence-electron chi connectivity index (χ3n) is 5.16. The number of nitrogens with one attached hydrogen (secondary N) is 1. The Kier molecular flexibility index (Phi) is 6.17. The van der Waals surface area contributed by atoms with Crippen LogP contribution in [0.25, 0.3) is 0 Å². The van der Waals surface area contributed by atoms with Crippen LogP contribution in [0.15, 0.2) is 67.1 Å². The highest BCUT2D eigenvalue weighted by atomic mass is 16.5. The molecule has 2 aromatic heterocycles. The van der Waals surface area contributed by atoms with Crippen LogP contribution in [0.5, 0.6) is 5.88 Å². The first-order valence-electron chi connectivity index (χ1n) is 10.2. The quantitative estimate of drug-likeness (QED) is 0.679. The molecule has 0 radical (unpaired) electrons. The lowest BCUT2D eigenvalue weighted by Crippen LogP contribution is -2.48. The number of ether oxygens (including phenoxy) is 1. The van der Waals surface area contributed by atoms with E-state index in [1.165, 1.54) is 0 Å². The van der Waals surface area contributed by atoms with E-state index in [4.69, 9.17) is 4.74 Å². The molecule has 3 heterocycles. The monoisotopic (exact) mass is 403 g/mol. The maximum absolute atomic E-state index is 12.7. The van der Waals surface area contributed by atoms with Crippen molar-refractivity contribution in [3.05, 3.63) is 78.2 Å². The number of piperidine rings is 1. The number of carbonyl (C=O) groups excluding carboxylic acids is 1. The van der Waals surface area contributed by atoms with E-state index in [2.05, 4.69) is 25.2 Å². The number of anilines is 1. The number of pyridine rings is 1. The summed E-state index contributed by atoms with van der Waals surface area (Å²) >= 11 is 0. The smallest absolute Gasteiger partial charge is 0.253 e. The predicted molar refractivity (Wildman–Crippen MR) is 114 cm³/mol. The number of carbonyl (C=O) groups is 1. The third kappa shape index (κ3) is 4.92. The van der Waals surface area contributed by atoms with Crippen LogP contribution in [0.2, 0.25) is 0 Å². The van der Waals surface area contributed by atoms with E-state index in [9.17, 15) is 4.79 Å². The number of nitrogens with zero attached hydrogens (tertiary/aromatic N) is 4. The highest BCUT2D eigenvalue weighted by molar-refractivity contribution is 5.94. The van der Waals surface area contributed by atoms with Gasteiger partial charge in [0.15, 0.2) is 0 Å². The van der Waals surface area contributed by atoms with E-state index in [1.807, 2.05) is 37.3 Å². The Morgan fingerprint density at radius 3 is 2.63 bits per heavy atom. The molecule has 154 valence electrons. The maximum Gasteiger partial charge on any atom is 0.253 e. The van der Waals surface area contributed by atoms with Crippen LogP contribution < -0.4 is 15.0 Å². The van der Waals surface area contributed by atoms with E-state index in [-0.39, 0.29) is 18.1 Å². The normalized spacial score (nSPS) is 17.2. The van der Waals surface area contributed by atoms with Gasteiger partial charge in [-0.3, -0.25) is 4.79 Å². The molecule has 4 rings (SSSR count). The van der Waals surface area contributed by atoms with E-state index < -0.39 is 0 Å². The van der Waals surface area contributed by atoms with Crippen molar-refractivity contribution in [1.29, 1.82) is 0 Å². The first-order valence-corrected chi connectivity index (χ1v) is 10.2. The first kappa shape index (κ1) is 19.8. The van der Waals surface area contributed by atoms with Gasteiger partial charge in [-0.2, -0.15) is 0 Å². The summed E-state index contributed by atoms with van der Waals surface area (Å²) in [6, 6.07) is 15.3. The SMILES string of the molecule is CC(Oc1ccc(C(=O)NC2CCCN(c3ncccn3)C2)cn1)c1ccccc1. The van der Waals surface area contributed by atoms with Crippen LogP contribution in [0.1, 0.15) is 41.8 Å². The molecule has 1 fully saturated rings. The summed E-state index contributed by atoms with van der Waals surface area (Å²) < 4.78 is 5.88. The molecule has 1 amide bonds. The molecule has 0 spiro atoms. The Labute approximate surface area is 176 Å². The zero-order valence-electron chi connectivity index (χ0n) is 16.9. The molecule has 30 heavy (non-hydrogen) atoms. The molecule has 1 aliphatic heterocycles. The second kappa shape index (κ2) is 9.35. The van der Waals surface area contributed by atoms with Crippen LogP contribution in [0, 0.1) is 0 Å². The fourth-order valence-electron chi connectivity index (χ4n) is 3.56. The largest absolute Gasteiger partial charge is 0.470 e. The summed E-state index contributed by atoms with van der Waals surface area (Å²) in [5.41, 5.74) is 1.59. The Bertz CT molecular complexity index is 950. The number of hydrogen-bond acceptors (Lipinski definition) is 6. The van der Waals surface area contributed by atoms with Crippen LogP contribution >= 0.6 is 0 Å². The molecule has 1 aliphatic rings. The topological polar surface area (TPSA) is 80.2 Å². The second-order valence-corrected chi connectivity index (χ2v) is 7.36. The van der Waals surface area contributed by atoms with Gasteiger partial charge < -0.3 is 15.0 Å². The Morgan fingerprint density at radius 2 is 1.90 bits per heavy atom. The van der Waals surface area contributed by atoms with Gasteiger partial charge >= 0.3 is 0 Å². The minimum atomic E-state index is -0.133. The van der Waals surface area contributed by atoms with E-state index in [1.54, 1.807) is 36.8 Å². The molecule has 2 atom stereocenters. The van der Waals surface area contributed by atoms with Gasteiger partial charge in [-0.1, -0.05) is 30.3 Å². The van der Waals surface area contributed by atoms with Gasteiger partial charge in [0.25, 0.3) is 5.91 Å². The Balaban J connectivity index is 1.33. The van der Waals surface area contributed by atoms with Crippen molar-refractivity contribution in [3.8, 4) is 5.88 Å². The molecule has 2 unspecified atom stereocenters. The van der Waals surface area contributed by atoms with Gasteiger partial charge in [0.1, 0.15) is 6.10 Å². The maximum atomic E-state index is 12.7. The Morgan fingerprint density at radius 1 is 1.10 bits per heavy atom. The molecule has 1 N–H and O–H groups in total. The summed E-state index contributed by atoms with van der Waals surface area (Å²) in [4.78, 5) is 27.7. The summed E-state index contributed by atoms with van der Waals surface area (Å²) in [6.07, 6.45) is 6.82.